The van der Waals surface area contributed by atoms with Crippen molar-refractivity contribution >= 4 is 5.69 Å². The second-order valence-electron chi connectivity index (χ2n) is 5.75. The van der Waals surface area contributed by atoms with Gasteiger partial charge in [-0.1, -0.05) is 25.1 Å². The zero-order chi connectivity index (χ0) is 14.7. The van der Waals surface area contributed by atoms with Gasteiger partial charge < -0.3 is 5.73 Å². The monoisotopic (exact) mass is 277 g/mol. The third kappa shape index (κ3) is 2.99. The molecule has 2 rings (SSSR count). The van der Waals surface area contributed by atoms with Crippen LogP contribution in [0.2, 0.25) is 0 Å². The number of hydrogen-bond acceptors (Lipinski definition) is 4. The van der Waals surface area contributed by atoms with Gasteiger partial charge in [0.15, 0.2) is 0 Å². The van der Waals surface area contributed by atoms with Crippen molar-refractivity contribution < 1.29 is 4.92 Å². The molecule has 0 amide bonds. The first-order chi connectivity index (χ1) is 9.54. The summed E-state index contributed by atoms with van der Waals surface area (Å²) >= 11 is 0. The highest BCUT2D eigenvalue weighted by Crippen LogP contribution is 2.34. The molecule has 0 spiro atoms. The predicted molar refractivity (Wildman–Crippen MR) is 79.5 cm³/mol. The van der Waals surface area contributed by atoms with Crippen molar-refractivity contribution in [1.29, 1.82) is 0 Å². The number of nitro benzene ring substituents is 1. The number of rotatable bonds is 4. The summed E-state index contributed by atoms with van der Waals surface area (Å²) in [5.74, 6) is 0.678. The number of para-hydroxylation sites is 1. The van der Waals surface area contributed by atoms with Crippen LogP contribution in [-0.2, 0) is 0 Å². The molecule has 1 aromatic carbocycles. The molecule has 20 heavy (non-hydrogen) atoms. The summed E-state index contributed by atoms with van der Waals surface area (Å²) in [6.45, 7) is 5.85. The summed E-state index contributed by atoms with van der Waals surface area (Å²) in [4.78, 5) is 13.2. The van der Waals surface area contributed by atoms with Gasteiger partial charge in [-0.15, -0.1) is 0 Å². The zero-order valence-corrected chi connectivity index (χ0v) is 12.2. The largest absolute Gasteiger partial charge is 0.329 e. The smallest absolute Gasteiger partial charge is 0.274 e. The van der Waals surface area contributed by atoms with Crippen LogP contribution in [0.5, 0.6) is 0 Å². The minimum absolute atomic E-state index is 0.0256. The summed E-state index contributed by atoms with van der Waals surface area (Å²) in [7, 11) is 0. The first-order valence-electron chi connectivity index (χ1n) is 7.23. The van der Waals surface area contributed by atoms with Crippen LogP contribution < -0.4 is 5.73 Å². The topological polar surface area (TPSA) is 72.4 Å². The number of hydrogen-bond donors (Lipinski definition) is 1. The molecule has 1 aliphatic heterocycles. The van der Waals surface area contributed by atoms with Crippen molar-refractivity contribution in [3.8, 4) is 0 Å². The Hall–Kier alpha value is -1.46. The lowest BCUT2D eigenvalue weighted by Crippen LogP contribution is -2.47. The molecule has 2 N–H and O–H groups in total. The summed E-state index contributed by atoms with van der Waals surface area (Å²) < 4.78 is 0. The van der Waals surface area contributed by atoms with Gasteiger partial charge in [-0.25, -0.2) is 0 Å². The Balaban J connectivity index is 2.26. The van der Waals surface area contributed by atoms with E-state index >= 15 is 0 Å². The average molecular weight is 277 g/mol. The fourth-order valence-corrected chi connectivity index (χ4v) is 3.20. The molecule has 5 heteroatoms. The highest BCUT2D eigenvalue weighted by molar-refractivity contribution is 5.41. The Kier molecular flexibility index (Phi) is 4.73. The molecular formula is C15H23N3O2. The summed E-state index contributed by atoms with van der Waals surface area (Å²) in [6.07, 6.45) is 2.20. The van der Waals surface area contributed by atoms with Crippen LogP contribution in [0.25, 0.3) is 0 Å². The lowest BCUT2D eigenvalue weighted by molar-refractivity contribution is -0.386. The number of nitrogens with two attached hydrogens (primary N) is 1. The van der Waals surface area contributed by atoms with Crippen LogP contribution >= 0.6 is 0 Å². The lowest BCUT2D eigenvalue weighted by Gasteiger charge is -2.41. The molecule has 0 saturated carbocycles. The van der Waals surface area contributed by atoms with Gasteiger partial charge in [0.1, 0.15) is 0 Å². The van der Waals surface area contributed by atoms with Crippen molar-refractivity contribution in [1.82, 2.24) is 4.90 Å². The molecule has 5 nitrogen and oxygen atoms in total. The van der Waals surface area contributed by atoms with Crippen LogP contribution in [0.1, 0.15) is 38.3 Å². The van der Waals surface area contributed by atoms with Crippen molar-refractivity contribution in [3.63, 3.8) is 0 Å². The van der Waals surface area contributed by atoms with E-state index in [1.165, 1.54) is 0 Å². The van der Waals surface area contributed by atoms with E-state index in [-0.39, 0.29) is 16.7 Å². The van der Waals surface area contributed by atoms with Crippen LogP contribution in [0.15, 0.2) is 24.3 Å². The molecule has 0 aromatic heterocycles. The number of nitrogens with zero attached hydrogens (tertiary/aromatic N) is 2. The summed E-state index contributed by atoms with van der Waals surface area (Å²) in [5, 5.41) is 11.2. The number of likely N-dealkylation sites (tertiary alicyclic amines) is 1. The molecular weight excluding hydrogens is 254 g/mol. The molecule has 1 heterocycles. The fourth-order valence-electron chi connectivity index (χ4n) is 3.20. The molecule has 3 atom stereocenters. The van der Waals surface area contributed by atoms with Gasteiger partial charge in [-0.3, -0.25) is 15.0 Å². The van der Waals surface area contributed by atoms with Crippen molar-refractivity contribution in [3.05, 3.63) is 39.9 Å². The van der Waals surface area contributed by atoms with Gasteiger partial charge in [-0.05, 0) is 32.2 Å². The highest BCUT2D eigenvalue weighted by atomic mass is 16.6. The minimum atomic E-state index is -0.296. The van der Waals surface area contributed by atoms with Gasteiger partial charge in [0.2, 0.25) is 0 Å². The van der Waals surface area contributed by atoms with Crippen molar-refractivity contribution in [2.45, 2.75) is 38.8 Å². The number of benzene rings is 1. The molecule has 1 aromatic rings. The molecule has 1 saturated heterocycles. The van der Waals surface area contributed by atoms with E-state index in [0.29, 0.717) is 18.5 Å². The number of piperidine rings is 1. The lowest BCUT2D eigenvalue weighted by atomic mass is 9.90. The van der Waals surface area contributed by atoms with Gasteiger partial charge in [0.05, 0.1) is 4.92 Å². The Bertz CT molecular complexity index is 478. The van der Waals surface area contributed by atoms with E-state index in [2.05, 4.69) is 11.8 Å². The molecule has 3 unspecified atom stereocenters. The maximum atomic E-state index is 11.2. The van der Waals surface area contributed by atoms with Gasteiger partial charge in [0.25, 0.3) is 5.69 Å². The third-order valence-corrected chi connectivity index (χ3v) is 4.38. The Morgan fingerprint density at radius 2 is 2.20 bits per heavy atom. The van der Waals surface area contributed by atoms with Crippen molar-refractivity contribution in [2.75, 3.05) is 13.1 Å². The fraction of sp³-hybridized carbons (Fsp3) is 0.600. The Morgan fingerprint density at radius 1 is 1.50 bits per heavy atom. The normalized spacial score (nSPS) is 25.4. The standard InChI is InChI=1S/C15H23N3O2/c1-11-7-8-17(13(9-11)10-16)12(2)14-5-3-4-6-15(14)18(19)20/h3-6,11-13H,7-10,16H2,1-2H3. The van der Waals surface area contributed by atoms with E-state index in [1.54, 1.807) is 12.1 Å². The third-order valence-electron chi connectivity index (χ3n) is 4.38. The summed E-state index contributed by atoms with van der Waals surface area (Å²) in [6, 6.07) is 7.35. The molecule has 1 aliphatic rings. The second kappa shape index (κ2) is 6.33. The van der Waals surface area contributed by atoms with Gasteiger partial charge in [0, 0.05) is 30.3 Å². The first-order valence-corrected chi connectivity index (χ1v) is 7.23. The zero-order valence-electron chi connectivity index (χ0n) is 12.2. The maximum absolute atomic E-state index is 11.2. The first kappa shape index (κ1) is 14.9. The minimum Gasteiger partial charge on any atom is -0.329 e. The quantitative estimate of drug-likeness (QED) is 0.678. The van der Waals surface area contributed by atoms with Crippen LogP contribution in [0.3, 0.4) is 0 Å². The SMILES string of the molecule is CC1CCN(C(C)c2ccccc2[N+](=O)[O-])C(CN)C1. The van der Waals surface area contributed by atoms with Gasteiger partial charge in [-0.2, -0.15) is 0 Å². The predicted octanol–water partition coefficient (Wildman–Crippen LogP) is 2.71. The van der Waals surface area contributed by atoms with E-state index in [9.17, 15) is 10.1 Å². The van der Waals surface area contributed by atoms with E-state index in [4.69, 9.17) is 5.73 Å². The van der Waals surface area contributed by atoms with E-state index in [0.717, 1.165) is 24.9 Å². The molecule has 0 aliphatic carbocycles. The Morgan fingerprint density at radius 3 is 2.85 bits per heavy atom. The number of nitro groups is 1. The highest BCUT2D eigenvalue weighted by Gasteiger charge is 2.31. The van der Waals surface area contributed by atoms with Crippen LogP contribution in [-0.4, -0.2) is 29.0 Å². The molecule has 0 radical (unpaired) electrons. The maximum Gasteiger partial charge on any atom is 0.274 e. The van der Waals surface area contributed by atoms with E-state index in [1.807, 2.05) is 19.1 Å². The Labute approximate surface area is 119 Å². The van der Waals surface area contributed by atoms with Crippen LogP contribution in [0, 0.1) is 16.0 Å². The molecule has 110 valence electrons. The molecule has 0 bridgehead atoms. The average Bonchev–Trinajstić information content (AvgIpc) is 2.46. The molecule has 1 fully saturated rings. The second-order valence-corrected chi connectivity index (χ2v) is 5.75. The van der Waals surface area contributed by atoms with Crippen molar-refractivity contribution in [2.24, 2.45) is 11.7 Å². The summed E-state index contributed by atoms with van der Waals surface area (Å²) in [5.41, 5.74) is 6.88. The van der Waals surface area contributed by atoms with Crippen LogP contribution in [0.4, 0.5) is 5.69 Å². The van der Waals surface area contributed by atoms with Gasteiger partial charge >= 0.3 is 0 Å². The van der Waals surface area contributed by atoms with E-state index < -0.39 is 0 Å².